The monoisotopic (exact) mass is 251 g/mol. The molecule has 0 aliphatic carbocycles. The molecule has 1 amide bonds. The highest BCUT2D eigenvalue weighted by Crippen LogP contribution is 2.33. The molecule has 4 nitrogen and oxygen atoms in total. The highest BCUT2D eigenvalue weighted by atomic mass is 32.1. The van der Waals surface area contributed by atoms with Crippen LogP contribution >= 0.6 is 11.3 Å². The van der Waals surface area contributed by atoms with Gasteiger partial charge in [0, 0.05) is 19.6 Å². The normalized spacial score (nSPS) is 14.9. The maximum absolute atomic E-state index is 11.8. The van der Waals surface area contributed by atoms with E-state index < -0.39 is 0 Å². The maximum Gasteiger partial charge on any atom is 0.263 e. The van der Waals surface area contributed by atoms with E-state index in [4.69, 9.17) is 5.73 Å². The van der Waals surface area contributed by atoms with Crippen molar-refractivity contribution in [2.45, 2.75) is 12.8 Å². The number of nitrogen functional groups attached to an aromatic ring is 1. The highest BCUT2D eigenvalue weighted by molar-refractivity contribution is 7.18. The van der Waals surface area contributed by atoms with Gasteiger partial charge in [-0.3, -0.25) is 4.79 Å². The lowest BCUT2D eigenvalue weighted by molar-refractivity contribution is 0.0963. The molecule has 1 aromatic rings. The minimum Gasteiger partial charge on any atom is -0.397 e. The zero-order valence-corrected chi connectivity index (χ0v) is 10.6. The van der Waals surface area contributed by atoms with Crippen molar-refractivity contribution in [3.05, 3.63) is 23.6 Å². The molecule has 1 saturated heterocycles. The molecule has 2 heterocycles. The first-order valence-electron chi connectivity index (χ1n) is 5.75. The van der Waals surface area contributed by atoms with E-state index in [2.05, 4.69) is 16.8 Å². The summed E-state index contributed by atoms with van der Waals surface area (Å²) in [6.45, 7) is 6.16. The van der Waals surface area contributed by atoms with Gasteiger partial charge in [0.2, 0.25) is 0 Å². The Labute approximate surface area is 105 Å². The van der Waals surface area contributed by atoms with Crippen LogP contribution in [0.15, 0.2) is 18.7 Å². The summed E-state index contributed by atoms with van der Waals surface area (Å²) < 4.78 is 0. The number of anilines is 2. The van der Waals surface area contributed by atoms with Gasteiger partial charge < -0.3 is 16.0 Å². The summed E-state index contributed by atoms with van der Waals surface area (Å²) in [5.74, 6) is -0.113. The van der Waals surface area contributed by atoms with E-state index in [0.29, 0.717) is 17.1 Å². The Kier molecular flexibility index (Phi) is 3.68. The summed E-state index contributed by atoms with van der Waals surface area (Å²) in [5.41, 5.74) is 6.45. The lowest BCUT2D eigenvalue weighted by Gasteiger charge is -2.13. The van der Waals surface area contributed by atoms with Crippen molar-refractivity contribution in [1.82, 2.24) is 5.32 Å². The van der Waals surface area contributed by atoms with Gasteiger partial charge in [-0.1, -0.05) is 6.08 Å². The summed E-state index contributed by atoms with van der Waals surface area (Å²) in [6, 6.07) is 1.90. The molecule has 0 spiro atoms. The van der Waals surface area contributed by atoms with Gasteiger partial charge in [0.25, 0.3) is 5.91 Å². The number of rotatable bonds is 4. The Hall–Kier alpha value is -1.49. The first-order valence-corrected chi connectivity index (χ1v) is 6.57. The van der Waals surface area contributed by atoms with Gasteiger partial charge >= 0.3 is 0 Å². The average Bonchev–Trinajstić information content (AvgIpc) is 2.94. The molecule has 5 heteroatoms. The van der Waals surface area contributed by atoms with Crippen LogP contribution < -0.4 is 16.0 Å². The van der Waals surface area contributed by atoms with Crippen LogP contribution in [-0.4, -0.2) is 25.5 Å². The van der Waals surface area contributed by atoms with Crippen molar-refractivity contribution in [2.24, 2.45) is 0 Å². The maximum atomic E-state index is 11.8. The Balaban J connectivity index is 2.12. The van der Waals surface area contributed by atoms with Crippen LogP contribution in [0.5, 0.6) is 0 Å². The summed E-state index contributed by atoms with van der Waals surface area (Å²) in [5, 5.41) is 3.85. The van der Waals surface area contributed by atoms with E-state index in [1.54, 1.807) is 6.08 Å². The molecule has 1 aromatic heterocycles. The van der Waals surface area contributed by atoms with Crippen LogP contribution in [0.3, 0.4) is 0 Å². The van der Waals surface area contributed by atoms with Crippen LogP contribution in [-0.2, 0) is 0 Å². The third-order valence-corrected chi connectivity index (χ3v) is 3.99. The second kappa shape index (κ2) is 5.23. The average molecular weight is 251 g/mol. The van der Waals surface area contributed by atoms with Gasteiger partial charge in [0.1, 0.15) is 4.88 Å². The largest absolute Gasteiger partial charge is 0.397 e. The van der Waals surface area contributed by atoms with E-state index in [9.17, 15) is 4.79 Å². The molecule has 0 aromatic carbocycles. The van der Waals surface area contributed by atoms with E-state index in [1.807, 2.05) is 6.07 Å². The molecule has 0 bridgehead atoms. The lowest BCUT2D eigenvalue weighted by Crippen LogP contribution is -2.22. The number of thiophene rings is 1. The van der Waals surface area contributed by atoms with Crippen molar-refractivity contribution in [1.29, 1.82) is 0 Å². The smallest absolute Gasteiger partial charge is 0.263 e. The molecular weight excluding hydrogens is 234 g/mol. The van der Waals surface area contributed by atoms with E-state index in [0.717, 1.165) is 18.1 Å². The van der Waals surface area contributed by atoms with Crippen LogP contribution in [0.1, 0.15) is 22.5 Å². The fourth-order valence-corrected chi connectivity index (χ4v) is 2.96. The quantitative estimate of drug-likeness (QED) is 0.803. The predicted molar refractivity (Wildman–Crippen MR) is 72.7 cm³/mol. The molecule has 92 valence electrons. The highest BCUT2D eigenvalue weighted by Gasteiger charge is 2.19. The molecule has 3 N–H and O–H groups in total. The summed E-state index contributed by atoms with van der Waals surface area (Å²) in [4.78, 5) is 14.7. The fourth-order valence-electron chi connectivity index (χ4n) is 1.91. The van der Waals surface area contributed by atoms with Crippen molar-refractivity contribution in [3.63, 3.8) is 0 Å². The standard InChI is InChI=1S/C12H17N3OS/c1-2-5-14-12(16)11-9(13)8-10(17-11)15-6-3-4-7-15/h2,8H,1,3-7,13H2,(H,14,16). The predicted octanol–water partition coefficient (Wildman–Crippen LogP) is 1.85. The van der Waals surface area contributed by atoms with Crippen LogP contribution in [0.2, 0.25) is 0 Å². The molecule has 1 aliphatic heterocycles. The van der Waals surface area contributed by atoms with Gasteiger partial charge in [-0.15, -0.1) is 17.9 Å². The number of nitrogens with zero attached hydrogens (tertiary/aromatic N) is 1. The van der Waals surface area contributed by atoms with E-state index in [1.165, 1.54) is 24.2 Å². The SMILES string of the molecule is C=CCNC(=O)c1sc(N2CCCC2)cc1N. The molecule has 1 aliphatic rings. The molecule has 0 unspecified atom stereocenters. The van der Waals surface area contributed by atoms with Crippen molar-refractivity contribution < 1.29 is 4.79 Å². The number of carbonyl (C=O) groups is 1. The second-order valence-electron chi connectivity index (χ2n) is 4.06. The zero-order chi connectivity index (χ0) is 12.3. The number of hydrogen-bond donors (Lipinski definition) is 2. The summed E-state index contributed by atoms with van der Waals surface area (Å²) in [7, 11) is 0. The summed E-state index contributed by atoms with van der Waals surface area (Å²) in [6.07, 6.45) is 4.09. The van der Waals surface area contributed by atoms with Gasteiger partial charge in [-0.2, -0.15) is 0 Å². The molecule has 0 saturated carbocycles. The molecule has 0 radical (unpaired) electrons. The molecule has 0 atom stereocenters. The fraction of sp³-hybridized carbons (Fsp3) is 0.417. The number of amides is 1. The molecule has 17 heavy (non-hydrogen) atoms. The van der Waals surface area contributed by atoms with Gasteiger partial charge in [0.15, 0.2) is 0 Å². The number of carbonyl (C=O) groups excluding carboxylic acids is 1. The zero-order valence-electron chi connectivity index (χ0n) is 9.74. The Morgan fingerprint density at radius 2 is 2.29 bits per heavy atom. The van der Waals surface area contributed by atoms with Crippen molar-refractivity contribution >= 4 is 27.9 Å². The summed E-state index contributed by atoms with van der Waals surface area (Å²) >= 11 is 1.47. The molecule has 2 rings (SSSR count). The topological polar surface area (TPSA) is 58.4 Å². The Morgan fingerprint density at radius 1 is 1.59 bits per heavy atom. The third-order valence-electron chi connectivity index (χ3n) is 2.78. The Morgan fingerprint density at radius 3 is 2.94 bits per heavy atom. The van der Waals surface area contributed by atoms with E-state index in [-0.39, 0.29) is 5.91 Å². The molecule has 1 fully saturated rings. The van der Waals surface area contributed by atoms with E-state index >= 15 is 0 Å². The number of nitrogens with two attached hydrogens (primary N) is 1. The molecular formula is C12H17N3OS. The number of nitrogens with one attached hydrogen (secondary N) is 1. The van der Waals surface area contributed by atoms with Gasteiger partial charge in [0.05, 0.1) is 10.7 Å². The van der Waals surface area contributed by atoms with Gasteiger partial charge in [-0.05, 0) is 18.9 Å². The third kappa shape index (κ3) is 2.61. The van der Waals surface area contributed by atoms with Crippen LogP contribution in [0, 0.1) is 0 Å². The first-order chi connectivity index (χ1) is 8.22. The first kappa shape index (κ1) is 12.0. The van der Waals surface area contributed by atoms with Crippen molar-refractivity contribution in [2.75, 3.05) is 30.3 Å². The van der Waals surface area contributed by atoms with Crippen LogP contribution in [0.25, 0.3) is 0 Å². The minimum absolute atomic E-state index is 0.113. The lowest BCUT2D eigenvalue weighted by atomic mass is 10.3. The van der Waals surface area contributed by atoms with Crippen LogP contribution in [0.4, 0.5) is 10.7 Å². The minimum atomic E-state index is -0.113. The number of hydrogen-bond acceptors (Lipinski definition) is 4. The van der Waals surface area contributed by atoms with Crippen molar-refractivity contribution in [3.8, 4) is 0 Å². The second-order valence-corrected chi connectivity index (χ2v) is 5.09. The Bertz CT molecular complexity index is 421. The van der Waals surface area contributed by atoms with Gasteiger partial charge in [-0.25, -0.2) is 0 Å².